The normalized spacial score (nSPS) is 18.8. The number of thiophene rings is 1. The Morgan fingerprint density at radius 3 is 2.53 bits per heavy atom. The Labute approximate surface area is 119 Å². The van der Waals surface area contributed by atoms with Crippen molar-refractivity contribution in [3.05, 3.63) is 17.0 Å². The minimum atomic E-state index is -3.27. The van der Waals surface area contributed by atoms with E-state index in [2.05, 4.69) is 12.2 Å². The predicted molar refractivity (Wildman–Crippen MR) is 79.2 cm³/mol. The van der Waals surface area contributed by atoms with Crippen molar-refractivity contribution in [2.75, 3.05) is 19.6 Å². The van der Waals surface area contributed by atoms with Crippen LogP contribution in [0.3, 0.4) is 0 Å². The largest absolute Gasteiger partial charge is 0.314 e. The van der Waals surface area contributed by atoms with Gasteiger partial charge in [0.15, 0.2) is 0 Å². The Bertz CT molecular complexity index is 502. The van der Waals surface area contributed by atoms with Gasteiger partial charge in [-0.25, -0.2) is 8.42 Å². The maximum Gasteiger partial charge on any atom is 0.252 e. The molecule has 2 heterocycles. The average molecular weight is 302 g/mol. The van der Waals surface area contributed by atoms with E-state index in [9.17, 15) is 8.42 Å². The van der Waals surface area contributed by atoms with Crippen molar-refractivity contribution < 1.29 is 8.42 Å². The summed E-state index contributed by atoms with van der Waals surface area (Å²) >= 11 is 1.40. The molecule has 1 aromatic rings. The fourth-order valence-corrected chi connectivity index (χ4v) is 5.32. The van der Waals surface area contributed by atoms with E-state index < -0.39 is 10.0 Å². The molecule has 1 aromatic heterocycles. The monoisotopic (exact) mass is 302 g/mol. The minimum absolute atomic E-state index is 0.464. The zero-order valence-corrected chi connectivity index (χ0v) is 13.2. The van der Waals surface area contributed by atoms with Crippen molar-refractivity contribution in [3.63, 3.8) is 0 Å². The molecule has 4 nitrogen and oxygen atoms in total. The van der Waals surface area contributed by atoms with Crippen LogP contribution < -0.4 is 5.32 Å². The molecule has 0 radical (unpaired) electrons. The molecule has 1 fully saturated rings. The molecule has 1 aliphatic heterocycles. The number of aryl methyl sites for hydroxylation is 1. The lowest BCUT2D eigenvalue weighted by atomic mass is 10.1. The van der Waals surface area contributed by atoms with E-state index in [1.807, 2.05) is 13.0 Å². The topological polar surface area (TPSA) is 49.4 Å². The van der Waals surface area contributed by atoms with Crippen LogP contribution in [-0.2, 0) is 16.4 Å². The molecule has 6 heteroatoms. The Kier molecular flexibility index (Phi) is 5.00. The molecule has 2 rings (SSSR count). The molecule has 0 aliphatic carbocycles. The maximum atomic E-state index is 12.5. The standard InChI is InChI=1S/C13H22N2O2S2/c1-3-12-5-6-13(18-12)19(16,17)15-9-7-11(8-10-15)14-4-2/h5-6,11,14H,3-4,7-10H2,1-2H3. The zero-order chi connectivity index (χ0) is 13.9. The lowest BCUT2D eigenvalue weighted by Crippen LogP contribution is -2.44. The highest BCUT2D eigenvalue weighted by molar-refractivity contribution is 7.91. The van der Waals surface area contributed by atoms with Crippen LogP contribution >= 0.6 is 11.3 Å². The van der Waals surface area contributed by atoms with Gasteiger partial charge < -0.3 is 5.32 Å². The first kappa shape index (κ1) is 15.0. The lowest BCUT2D eigenvalue weighted by Gasteiger charge is -2.31. The van der Waals surface area contributed by atoms with E-state index in [1.54, 1.807) is 10.4 Å². The van der Waals surface area contributed by atoms with Crippen LogP contribution in [0.15, 0.2) is 16.3 Å². The van der Waals surface area contributed by atoms with E-state index in [-0.39, 0.29) is 0 Å². The third kappa shape index (κ3) is 3.37. The molecule has 0 atom stereocenters. The quantitative estimate of drug-likeness (QED) is 0.906. The second-order valence-electron chi connectivity index (χ2n) is 4.81. The van der Waals surface area contributed by atoms with Crippen LogP contribution in [0.2, 0.25) is 0 Å². The van der Waals surface area contributed by atoms with Crippen molar-refractivity contribution >= 4 is 21.4 Å². The fraction of sp³-hybridized carbons (Fsp3) is 0.692. The average Bonchev–Trinajstić information content (AvgIpc) is 2.89. The number of nitrogens with zero attached hydrogens (tertiary/aromatic N) is 1. The summed E-state index contributed by atoms with van der Waals surface area (Å²) in [6.07, 6.45) is 2.70. The van der Waals surface area contributed by atoms with Gasteiger partial charge in [0.05, 0.1) is 0 Å². The molecular formula is C13H22N2O2S2. The molecule has 0 unspecified atom stereocenters. The van der Waals surface area contributed by atoms with E-state index in [4.69, 9.17) is 0 Å². The summed E-state index contributed by atoms with van der Waals surface area (Å²) in [7, 11) is -3.27. The Morgan fingerprint density at radius 1 is 1.32 bits per heavy atom. The Morgan fingerprint density at radius 2 is 2.00 bits per heavy atom. The van der Waals surface area contributed by atoms with Gasteiger partial charge in [0, 0.05) is 24.0 Å². The third-order valence-corrected chi connectivity index (χ3v) is 7.12. The molecule has 108 valence electrons. The molecule has 0 saturated carbocycles. The van der Waals surface area contributed by atoms with Gasteiger partial charge in [-0.15, -0.1) is 11.3 Å². The third-order valence-electron chi connectivity index (χ3n) is 3.53. The maximum absolute atomic E-state index is 12.5. The van der Waals surface area contributed by atoms with Gasteiger partial charge in [-0.05, 0) is 37.9 Å². The fourth-order valence-electron chi connectivity index (χ4n) is 2.40. The highest BCUT2D eigenvalue weighted by atomic mass is 32.2. The summed E-state index contributed by atoms with van der Waals surface area (Å²) in [5.74, 6) is 0. The number of nitrogens with one attached hydrogen (secondary N) is 1. The van der Waals surface area contributed by atoms with Crippen LogP contribution in [0.5, 0.6) is 0 Å². The first-order valence-corrected chi connectivity index (χ1v) is 9.15. The molecule has 1 saturated heterocycles. The van der Waals surface area contributed by atoms with Gasteiger partial charge in [-0.3, -0.25) is 0 Å². The molecule has 1 aliphatic rings. The van der Waals surface area contributed by atoms with Crippen LogP contribution in [0, 0.1) is 0 Å². The molecule has 0 bridgehead atoms. The van der Waals surface area contributed by atoms with Gasteiger partial charge in [0.25, 0.3) is 10.0 Å². The van der Waals surface area contributed by atoms with Gasteiger partial charge >= 0.3 is 0 Å². The van der Waals surface area contributed by atoms with Gasteiger partial charge in [0.1, 0.15) is 4.21 Å². The molecule has 19 heavy (non-hydrogen) atoms. The summed E-state index contributed by atoms with van der Waals surface area (Å²) < 4.78 is 27.1. The lowest BCUT2D eigenvalue weighted by molar-refractivity contribution is 0.293. The number of sulfonamides is 1. The highest BCUT2D eigenvalue weighted by Gasteiger charge is 2.29. The van der Waals surface area contributed by atoms with Crippen molar-refractivity contribution in [1.82, 2.24) is 9.62 Å². The Hall–Kier alpha value is -0.430. The van der Waals surface area contributed by atoms with Crippen LogP contribution in [-0.4, -0.2) is 38.4 Å². The van der Waals surface area contributed by atoms with E-state index in [0.29, 0.717) is 23.3 Å². The van der Waals surface area contributed by atoms with Gasteiger partial charge in [-0.1, -0.05) is 13.8 Å². The second kappa shape index (κ2) is 6.35. The molecule has 0 amide bonds. The van der Waals surface area contributed by atoms with Crippen LogP contribution in [0.4, 0.5) is 0 Å². The van der Waals surface area contributed by atoms with E-state index >= 15 is 0 Å². The summed E-state index contributed by atoms with van der Waals surface area (Å²) in [5.41, 5.74) is 0. The predicted octanol–water partition coefficient (Wildman–Crippen LogP) is 2.07. The number of rotatable bonds is 5. The number of hydrogen-bond acceptors (Lipinski definition) is 4. The van der Waals surface area contributed by atoms with E-state index in [0.717, 1.165) is 30.7 Å². The van der Waals surface area contributed by atoms with Crippen molar-refractivity contribution in [1.29, 1.82) is 0 Å². The second-order valence-corrected chi connectivity index (χ2v) is 8.14. The van der Waals surface area contributed by atoms with Gasteiger partial charge in [0.2, 0.25) is 0 Å². The highest BCUT2D eigenvalue weighted by Crippen LogP contribution is 2.27. The Balaban J connectivity index is 2.05. The van der Waals surface area contributed by atoms with Crippen LogP contribution in [0.1, 0.15) is 31.6 Å². The molecule has 0 aromatic carbocycles. The first-order chi connectivity index (χ1) is 9.07. The SMILES string of the molecule is CCNC1CCN(S(=O)(=O)c2ccc(CC)s2)CC1. The summed E-state index contributed by atoms with van der Waals surface area (Å²) in [6.45, 7) is 6.33. The van der Waals surface area contributed by atoms with E-state index in [1.165, 1.54) is 11.3 Å². The van der Waals surface area contributed by atoms with Crippen molar-refractivity contribution in [2.24, 2.45) is 0 Å². The number of piperidine rings is 1. The first-order valence-electron chi connectivity index (χ1n) is 6.90. The minimum Gasteiger partial charge on any atom is -0.314 e. The smallest absolute Gasteiger partial charge is 0.252 e. The zero-order valence-electron chi connectivity index (χ0n) is 11.6. The molecular weight excluding hydrogens is 280 g/mol. The summed E-state index contributed by atoms with van der Waals surface area (Å²) in [6, 6.07) is 4.13. The van der Waals surface area contributed by atoms with Crippen molar-refractivity contribution in [3.8, 4) is 0 Å². The molecule has 0 spiro atoms. The molecule has 1 N–H and O–H groups in total. The summed E-state index contributed by atoms with van der Waals surface area (Å²) in [4.78, 5) is 1.13. The summed E-state index contributed by atoms with van der Waals surface area (Å²) in [5, 5.41) is 3.39. The number of hydrogen-bond donors (Lipinski definition) is 1. The van der Waals surface area contributed by atoms with Crippen molar-refractivity contribution in [2.45, 2.75) is 43.4 Å². The van der Waals surface area contributed by atoms with Gasteiger partial charge in [-0.2, -0.15) is 4.31 Å². The van der Waals surface area contributed by atoms with Crippen LogP contribution in [0.25, 0.3) is 0 Å².